The molecule has 1 saturated carbocycles. The van der Waals surface area contributed by atoms with Crippen LogP contribution in [-0.4, -0.2) is 107 Å². The van der Waals surface area contributed by atoms with Crippen molar-refractivity contribution >= 4 is 65.9 Å². The first-order chi connectivity index (χ1) is 32.6. The standard InChI is InChI=1S/C52H65ClN8O7S.H2S/c1-30(33-10-12-34(13-11-33)43-31(2)56-29-69-43)57-46(65)40-22-37(62)26-61(40)47(66)44(50(3,4)5)58-42(63)28-67-27-32-18-20-60(21-19-32)41-17-15-36(25-55-41)45(64)59-48-51(6,7)49(52(48,8)9)68-38-16-14-35(24-54)39(53)23-38;/h10-17,23,25,29-30,32,37,40,44,48-49,62H,18-22,26-28H2,1-9H3,(H,57,65)(H,58,63)(H,59,64);1H2/t30-,37+,40-,44+,48?,49?;/m0./s1. The highest BCUT2D eigenvalue weighted by Crippen LogP contribution is 2.55. The van der Waals surface area contributed by atoms with Gasteiger partial charge < -0.3 is 40.3 Å². The van der Waals surface area contributed by atoms with Crippen LogP contribution >= 0.6 is 36.4 Å². The van der Waals surface area contributed by atoms with Crippen molar-refractivity contribution in [2.45, 2.75) is 118 Å². The number of halogens is 1. The number of β-amino-alcohol motifs (C(OH)–C–C–N with tert-alkyl or cyclic N) is 1. The molecule has 3 fully saturated rings. The summed E-state index contributed by atoms with van der Waals surface area (Å²) < 4.78 is 12.3. The van der Waals surface area contributed by atoms with Crippen molar-refractivity contribution in [3.05, 3.63) is 93.7 Å². The summed E-state index contributed by atoms with van der Waals surface area (Å²) in [5.74, 6) is 0.0974. The van der Waals surface area contributed by atoms with Crippen molar-refractivity contribution < 1.29 is 33.8 Å². The number of amides is 4. The number of nitrogens with zero attached hydrogens (tertiary/aromatic N) is 5. The summed E-state index contributed by atoms with van der Waals surface area (Å²) in [5.41, 5.74) is 4.05. The maximum atomic E-state index is 14.2. The number of anilines is 1. The Morgan fingerprint density at radius 1 is 1.00 bits per heavy atom. The van der Waals surface area contributed by atoms with E-state index in [2.05, 4.69) is 64.6 Å². The number of aromatic nitrogens is 2. The Bertz CT molecular complexity index is 2540. The SMILES string of the molecule is Cc1ncsc1-c1ccc([C@H](C)NC(=O)[C@@H]2C[C@@H](O)CN2C(=O)[C@@H](NC(=O)COCC2CCN(c3ccc(C(=O)NC4C(C)(C)C(Oc5ccc(C#N)c(Cl)c5)C4(C)C)cn3)CC2)C(C)(C)C)cc1.S. The zero-order valence-corrected chi connectivity index (χ0v) is 44.0. The van der Waals surface area contributed by atoms with Crippen LogP contribution in [0.4, 0.5) is 5.82 Å². The number of aryl methyl sites for hydroxylation is 1. The van der Waals surface area contributed by atoms with Gasteiger partial charge in [0, 0.05) is 55.2 Å². The lowest BCUT2D eigenvalue weighted by Gasteiger charge is -2.63. The number of thiazole rings is 1. The van der Waals surface area contributed by atoms with Crippen LogP contribution < -0.4 is 25.6 Å². The highest BCUT2D eigenvalue weighted by molar-refractivity contribution is 7.59. The predicted molar refractivity (Wildman–Crippen MR) is 276 cm³/mol. The lowest BCUT2D eigenvalue weighted by atomic mass is 9.49. The molecule has 4 atom stereocenters. The molecule has 0 unspecified atom stereocenters. The topological polar surface area (TPSA) is 199 Å². The summed E-state index contributed by atoms with van der Waals surface area (Å²) in [7, 11) is 0. The fourth-order valence-electron chi connectivity index (χ4n) is 10.4. The largest absolute Gasteiger partial charge is 0.489 e. The van der Waals surface area contributed by atoms with E-state index in [4.69, 9.17) is 21.1 Å². The molecule has 70 heavy (non-hydrogen) atoms. The minimum absolute atomic E-state index is 0. The molecule has 2 saturated heterocycles. The Labute approximate surface area is 427 Å². The number of carbonyl (C=O) groups is 4. The molecule has 4 aromatic rings. The van der Waals surface area contributed by atoms with E-state index in [-0.39, 0.29) is 69.0 Å². The number of piperidine rings is 1. The van der Waals surface area contributed by atoms with Gasteiger partial charge in [-0.25, -0.2) is 9.97 Å². The summed E-state index contributed by atoms with van der Waals surface area (Å²) in [5, 5.41) is 29.4. The third-order valence-electron chi connectivity index (χ3n) is 14.0. The zero-order chi connectivity index (χ0) is 50.0. The second-order valence-electron chi connectivity index (χ2n) is 21.0. The van der Waals surface area contributed by atoms with Crippen molar-refractivity contribution in [1.82, 2.24) is 30.8 Å². The number of hydrogen-bond donors (Lipinski definition) is 4. The van der Waals surface area contributed by atoms with Gasteiger partial charge in [-0.1, -0.05) is 84.3 Å². The number of benzene rings is 2. The molecule has 4 N–H and O–H groups in total. The van der Waals surface area contributed by atoms with Gasteiger partial charge in [0.15, 0.2) is 0 Å². The van der Waals surface area contributed by atoms with Gasteiger partial charge in [-0.15, -0.1) is 11.3 Å². The van der Waals surface area contributed by atoms with Crippen LogP contribution in [0.25, 0.3) is 10.4 Å². The Balaban J connectivity index is 0.00000804. The molecular formula is C52H67ClN8O7S2. The van der Waals surface area contributed by atoms with Crippen LogP contribution in [0, 0.1) is 40.4 Å². The van der Waals surface area contributed by atoms with Gasteiger partial charge in [-0.3, -0.25) is 19.2 Å². The average Bonchev–Trinajstić information content (AvgIpc) is 3.93. The smallest absolute Gasteiger partial charge is 0.253 e. The van der Waals surface area contributed by atoms with Crippen molar-refractivity contribution in [3.63, 3.8) is 0 Å². The number of ether oxygens (including phenoxy) is 2. The molecule has 0 spiro atoms. The molecule has 0 bridgehead atoms. The summed E-state index contributed by atoms with van der Waals surface area (Å²) in [6.45, 7) is 19.2. The van der Waals surface area contributed by atoms with Crippen molar-refractivity contribution in [2.75, 3.05) is 37.7 Å². The van der Waals surface area contributed by atoms with E-state index in [9.17, 15) is 29.5 Å². The number of likely N-dealkylation sites (tertiary alicyclic amines) is 1. The maximum absolute atomic E-state index is 14.2. The Morgan fingerprint density at radius 2 is 1.69 bits per heavy atom. The first kappa shape index (κ1) is 54.1. The fraction of sp³-hybridized carbons (Fsp3) is 0.519. The average molecular weight is 1020 g/mol. The molecule has 15 nitrogen and oxygen atoms in total. The summed E-state index contributed by atoms with van der Waals surface area (Å²) >= 11 is 7.83. The van der Waals surface area contributed by atoms with Crippen LogP contribution in [0.3, 0.4) is 0 Å². The molecular weight excluding hydrogens is 948 g/mol. The van der Waals surface area contributed by atoms with Crippen molar-refractivity contribution in [1.29, 1.82) is 5.26 Å². The third-order valence-corrected chi connectivity index (χ3v) is 15.3. The van der Waals surface area contributed by atoms with Crippen LogP contribution in [0.2, 0.25) is 5.02 Å². The normalized spacial score (nSPS) is 21.6. The molecule has 0 radical (unpaired) electrons. The molecule has 1 aliphatic carbocycles. The minimum Gasteiger partial charge on any atom is -0.489 e. The molecule has 18 heteroatoms. The molecule has 7 rings (SSSR count). The number of carbonyl (C=O) groups excluding carboxylic acids is 4. The summed E-state index contributed by atoms with van der Waals surface area (Å²) in [4.78, 5) is 68.3. The van der Waals surface area contributed by atoms with Crippen molar-refractivity contribution in [3.8, 4) is 22.3 Å². The second kappa shape index (κ2) is 22.0. The van der Waals surface area contributed by atoms with Crippen LogP contribution in [0.5, 0.6) is 5.75 Å². The van der Waals surface area contributed by atoms with Gasteiger partial charge in [0.1, 0.15) is 42.4 Å². The Hall–Kier alpha value is -5.25. The van der Waals surface area contributed by atoms with Gasteiger partial charge in [0.05, 0.1) is 51.0 Å². The zero-order valence-electron chi connectivity index (χ0n) is 41.5. The lowest BCUT2D eigenvalue weighted by molar-refractivity contribution is -0.164. The van der Waals surface area contributed by atoms with Crippen LogP contribution in [-0.2, 0) is 19.1 Å². The van der Waals surface area contributed by atoms with E-state index < -0.39 is 46.2 Å². The first-order valence-corrected chi connectivity index (χ1v) is 24.9. The molecule has 2 aromatic carbocycles. The number of aliphatic hydroxyl groups excluding tert-OH is 1. The molecule has 4 amide bonds. The number of nitriles is 1. The molecule has 4 heterocycles. The van der Waals surface area contributed by atoms with Crippen LogP contribution in [0.1, 0.15) is 108 Å². The Kier molecular flexibility index (Phi) is 17.0. The minimum atomic E-state index is -0.965. The van der Waals surface area contributed by atoms with Crippen LogP contribution in [0.15, 0.2) is 66.3 Å². The lowest BCUT2D eigenvalue weighted by Crippen LogP contribution is -2.74. The predicted octanol–water partition coefficient (Wildman–Crippen LogP) is 7.37. The third kappa shape index (κ3) is 11.9. The quantitative estimate of drug-likeness (QED) is 0.0928. The maximum Gasteiger partial charge on any atom is 0.253 e. The van der Waals surface area contributed by atoms with E-state index in [0.717, 1.165) is 53.4 Å². The highest BCUT2D eigenvalue weighted by atomic mass is 35.5. The second-order valence-corrected chi connectivity index (χ2v) is 22.3. The van der Waals surface area contributed by atoms with E-state index in [1.165, 1.54) is 4.90 Å². The summed E-state index contributed by atoms with van der Waals surface area (Å²) in [6, 6.07) is 16.3. The molecule has 2 aromatic heterocycles. The summed E-state index contributed by atoms with van der Waals surface area (Å²) in [6.07, 6.45) is 2.22. The van der Waals surface area contributed by atoms with Gasteiger partial charge in [0.25, 0.3) is 5.91 Å². The van der Waals surface area contributed by atoms with E-state index in [1.807, 2.05) is 70.5 Å². The van der Waals surface area contributed by atoms with Gasteiger partial charge in [-0.05, 0) is 73.4 Å². The number of rotatable bonds is 15. The fourth-order valence-corrected chi connectivity index (χ4v) is 11.4. The first-order valence-electron chi connectivity index (χ1n) is 23.6. The number of hydrogen-bond acceptors (Lipinski definition) is 12. The number of nitrogens with one attached hydrogen (secondary N) is 3. The number of aliphatic hydroxyl groups is 1. The van der Waals surface area contributed by atoms with E-state index >= 15 is 0 Å². The van der Waals surface area contributed by atoms with Gasteiger partial charge in [-0.2, -0.15) is 18.8 Å². The highest BCUT2D eigenvalue weighted by Gasteiger charge is 2.64. The monoisotopic (exact) mass is 1010 g/mol. The number of pyridine rings is 1. The van der Waals surface area contributed by atoms with E-state index in [1.54, 1.807) is 41.8 Å². The molecule has 376 valence electrons. The van der Waals surface area contributed by atoms with E-state index in [0.29, 0.717) is 28.5 Å². The molecule has 3 aliphatic rings. The van der Waals surface area contributed by atoms with Gasteiger partial charge in [0.2, 0.25) is 17.7 Å². The Morgan fingerprint density at radius 3 is 2.27 bits per heavy atom. The van der Waals surface area contributed by atoms with Gasteiger partial charge >= 0.3 is 0 Å². The molecule has 2 aliphatic heterocycles. The van der Waals surface area contributed by atoms with Crippen molar-refractivity contribution in [2.24, 2.45) is 22.2 Å².